The fourth-order valence-corrected chi connectivity index (χ4v) is 3.58. The molecule has 5 nitrogen and oxygen atoms in total. The molecule has 156 valence electrons. The molecule has 3 aromatic heterocycles. The van der Waals surface area contributed by atoms with Gasteiger partial charge in [-0.05, 0) is 72.8 Å². The normalized spacial score (nSPS) is 11.8. The van der Waals surface area contributed by atoms with Crippen molar-refractivity contribution in [1.29, 1.82) is 0 Å². The second-order valence-corrected chi connectivity index (χ2v) is 8.06. The van der Waals surface area contributed by atoms with Gasteiger partial charge in [-0.15, -0.1) is 0 Å². The number of hydrogen-bond acceptors (Lipinski definition) is 3. The van der Waals surface area contributed by atoms with E-state index in [0.29, 0.717) is 5.75 Å². The van der Waals surface area contributed by atoms with Crippen LogP contribution >= 0.6 is 0 Å². The second-order valence-electron chi connectivity index (χ2n) is 7.38. The summed E-state index contributed by atoms with van der Waals surface area (Å²) in [4.78, 5) is 16.0. The molecule has 0 amide bonds. The van der Waals surface area contributed by atoms with E-state index in [1.54, 1.807) is 24.3 Å². The zero-order chi connectivity index (χ0) is 21.9. The molecule has 1 aromatic carbocycles. The first-order valence-electron chi connectivity index (χ1n) is 10.1. The zero-order valence-corrected chi connectivity index (χ0v) is 18.1. The molecule has 0 saturated carbocycles. The van der Waals surface area contributed by atoms with E-state index in [9.17, 15) is 0 Å². The van der Waals surface area contributed by atoms with Crippen LogP contribution in [0.5, 0.6) is 5.75 Å². The summed E-state index contributed by atoms with van der Waals surface area (Å²) in [5.41, 5.74) is 7.86. The van der Waals surface area contributed by atoms with Gasteiger partial charge in [0.15, 0.2) is 0 Å². The first-order valence-corrected chi connectivity index (χ1v) is 10.7. The number of aromatic hydroxyl groups is 1. The molecule has 6 rings (SSSR count). The Morgan fingerprint density at radius 1 is 0.531 bits per heavy atom. The molecule has 2 aliphatic heterocycles. The van der Waals surface area contributed by atoms with Gasteiger partial charge in [0.2, 0.25) is 0 Å². The summed E-state index contributed by atoms with van der Waals surface area (Å²) in [5.74, 6) is 0.299. The first-order chi connectivity index (χ1) is 15.6. The molecule has 0 fully saturated rings. The number of phenols is 1. The molecular formula is C26H19MnN4O. The number of H-pyrrole nitrogens is 2. The van der Waals surface area contributed by atoms with Crippen LogP contribution in [-0.4, -0.2) is 25.0 Å². The van der Waals surface area contributed by atoms with Gasteiger partial charge in [0.25, 0.3) is 0 Å². The van der Waals surface area contributed by atoms with E-state index in [2.05, 4.69) is 60.2 Å². The van der Waals surface area contributed by atoms with E-state index in [-0.39, 0.29) is 0 Å². The summed E-state index contributed by atoms with van der Waals surface area (Å²) in [5, 5.41) is 8.74. The third-order valence-electron chi connectivity index (χ3n) is 4.87. The average molecular weight is 458 g/mol. The van der Waals surface area contributed by atoms with Crippen molar-refractivity contribution in [2.45, 2.75) is 0 Å². The molecule has 0 aliphatic carbocycles. The Labute approximate surface area is 193 Å². The molecule has 0 atom stereocenters. The molecule has 0 saturated heterocycles. The van der Waals surface area contributed by atoms with Crippen LogP contribution in [0.2, 0.25) is 0 Å². The first kappa shape index (κ1) is 20.1. The predicted octanol–water partition coefficient (Wildman–Crippen LogP) is 5.22. The number of nitrogens with one attached hydrogen (secondary N) is 2. The minimum absolute atomic E-state index is 0.299. The molecule has 6 heteroatoms. The summed E-state index contributed by atoms with van der Waals surface area (Å²) in [6, 6.07) is 23.2. The third-order valence-corrected chi connectivity index (χ3v) is 5.26. The van der Waals surface area contributed by atoms with Gasteiger partial charge in [-0.2, -0.15) is 0 Å². The number of aromatic amines is 2. The Kier molecular flexibility index (Phi) is 5.46. The van der Waals surface area contributed by atoms with E-state index in [0.717, 1.165) is 49.3 Å². The van der Waals surface area contributed by atoms with Gasteiger partial charge in [-0.25, -0.2) is 9.97 Å². The maximum atomic E-state index is 8.74. The van der Waals surface area contributed by atoms with Crippen LogP contribution in [0.25, 0.3) is 46.4 Å². The molecule has 0 spiro atoms. The van der Waals surface area contributed by atoms with E-state index >= 15 is 0 Å². The van der Waals surface area contributed by atoms with Gasteiger partial charge >= 0.3 is 55.6 Å². The second kappa shape index (κ2) is 8.71. The van der Waals surface area contributed by atoms with E-state index in [1.807, 2.05) is 48.6 Å². The Morgan fingerprint density at radius 2 is 0.875 bits per heavy atom. The van der Waals surface area contributed by atoms with Crippen LogP contribution in [0, 0.1) is 0 Å². The minimum atomic E-state index is 0.299. The molecule has 0 radical (unpaired) electrons. The molecule has 3 N–H and O–H groups in total. The number of benzene rings is 1. The Balaban J connectivity index is 0.000000230. The molecular weight excluding hydrogens is 439 g/mol. The fraction of sp³-hybridized carbons (Fsp3) is 0. The van der Waals surface area contributed by atoms with Crippen molar-refractivity contribution in [2.24, 2.45) is 0 Å². The van der Waals surface area contributed by atoms with Gasteiger partial charge in [-0.3, -0.25) is 0 Å². The van der Waals surface area contributed by atoms with Gasteiger partial charge in [0.05, 0.1) is 22.8 Å². The predicted molar refractivity (Wildman–Crippen MR) is 127 cm³/mol. The monoisotopic (exact) mass is 458 g/mol. The van der Waals surface area contributed by atoms with Crippen LogP contribution in [0.1, 0.15) is 22.8 Å². The molecule has 32 heavy (non-hydrogen) atoms. The van der Waals surface area contributed by atoms with Crippen molar-refractivity contribution in [3.63, 3.8) is 0 Å². The molecule has 4 aromatic rings. The number of rotatable bonds is 0. The van der Waals surface area contributed by atoms with E-state index in [4.69, 9.17) is 5.11 Å². The molecule has 0 unspecified atom stereocenters. The van der Waals surface area contributed by atoms with Gasteiger partial charge < -0.3 is 9.97 Å². The van der Waals surface area contributed by atoms with Gasteiger partial charge in [0.1, 0.15) is 0 Å². The topological polar surface area (TPSA) is 77.6 Å². The van der Waals surface area contributed by atoms with E-state index < -0.39 is 0 Å². The molecule has 8 bridgehead atoms. The summed E-state index contributed by atoms with van der Waals surface area (Å²) in [6.07, 6.45) is 8.09. The Hall–Kier alpha value is -3.86. The standard InChI is InChI=1S/C20H14N4.C6H5O.Mn/c1-2-14-10-16-5-6-18(23-16)12-20-8-7-19(24-20)11-17-4-3-15(22-17)9-13(1)21-14;7-6-4-2-1-3-5-6;/h1-12,21,24H;2-5,7H;. The maximum absolute atomic E-state index is 8.74. The van der Waals surface area contributed by atoms with Crippen LogP contribution in [0.4, 0.5) is 0 Å². The average Bonchev–Trinajstić information content (AvgIpc) is 3.57. The molecule has 5 heterocycles. The van der Waals surface area contributed by atoms with Crippen molar-refractivity contribution in [3.8, 4) is 5.75 Å². The van der Waals surface area contributed by atoms with E-state index in [1.165, 1.54) is 0 Å². The van der Waals surface area contributed by atoms with Crippen LogP contribution in [0.3, 0.4) is 0 Å². The third kappa shape index (κ3) is 4.89. The van der Waals surface area contributed by atoms with Crippen molar-refractivity contribution < 1.29 is 21.1 Å². The fourth-order valence-electron chi connectivity index (χ4n) is 3.38. The van der Waals surface area contributed by atoms with Crippen molar-refractivity contribution in [2.75, 3.05) is 0 Å². The van der Waals surface area contributed by atoms with Crippen LogP contribution in [-0.2, 0) is 16.0 Å². The number of hydrogen-bond donors (Lipinski definition) is 3. The summed E-state index contributed by atoms with van der Waals surface area (Å²) >= 11 is 3.23. The van der Waals surface area contributed by atoms with Gasteiger partial charge in [0, 0.05) is 22.1 Å². The van der Waals surface area contributed by atoms with Crippen molar-refractivity contribution in [1.82, 2.24) is 19.9 Å². The molecule has 2 aliphatic rings. The summed E-state index contributed by atoms with van der Waals surface area (Å²) < 4.78 is 0.982. The Morgan fingerprint density at radius 3 is 1.19 bits per heavy atom. The number of fused-ring (bicyclic) bond motifs is 8. The van der Waals surface area contributed by atoms with Crippen molar-refractivity contribution >= 4 is 50.8 Å². The summed E-state index contributed by atoms with van der Waals surface area (Å²) in [7, 11) is 0. The quantitative estimate of drug-likeness (QED) is 0.273. The van der Waals surface area contributed by atoms with Gasteiger partial charge in [-0.1, -0.05) is 0 Å². The number of phenolic OH excluding ortho intramolecular Hbond substituents is 1. The van der Waals surface area contributed by atoms with Crippen LogP contribution in [0.15, 0.2) is 72.8 Å². The number of aromatic nitrogens is 4. The van der Waals surface area contributed by atoms with Crippen molar-refractivity contribution in [3.05, 3.63) is 95.6 Å². The van der Waals surface area contributed by atoms with Crippen LogP contribution < -0.4 is 4.46 Å². The number of nitrogens with zero attached hydrogens (tertiary/aromatic N) is 2. The summed E-state index contributed by atoms with van der Waals surface area (Å²) in [6.45, 7) is 0. The Bertz CT molecular complexity index is 1300. The SMILES string of the molecule is C1=Cc2cc3ccc(cc4nc(cc5ccc(cc1n2)[nH]5)C=C4)[nH]3.Oc1cc[c]([Mn])cc1. The zero-order valence-electron chi connectivity index (χ0n) is 17.0.